The zero-order valence-corrected chi connectivity index (χ0v) is 17.0. The van der Waals surface area contributed by atoms with Crippen molar-refractivity contribution in [3.05, 3.63) is 29.3 Å². The summed E-state index contributed by atoms with van der Waals surface area (Å²) in [6.07, 6.45) is -0.656. The summed E-state index contributed by atoms with van der Waals surface area (Å²) < 4.78 is 32.6. The second-order valence-electron chi connectivity index (χ2n) is 7.87. The third kappa shape index (κ3) is 5.20. The Morgan fingerprint density at radius 3 is 2.41 bits per heavy atom. The first kappa shape index (κ1) is 21.2. The summed E-state index contributed by atoms with van der Waals surface area (Å²) in [6.45, 7) is 8.49. The molecule has 0 aliphatic carbocycles. The van der Waals surface area contributed by atoms with Gasteiger partial charge in [0.1, 0.15) is 11.6 Å². The monoisotopic (exact) mass is 398 g/mol. The quantitative estimate of drug-likeness (QED) is 0.803. The van der Waals surface area contributed by atoms with E-state index in [1.807, 2.05) is 0 Å². The lowest BCUT2D eigenvalue weighted by Gasteiger charge is -2.35. The van der Waals surface area contributed by atoms with E-state index in [1.165, 1.54) is 12.1 Å². The number of fused-ring (bicyclic) bond motifs is 1. The molecule has 9 heteroatoms. The van der Waals surface area contributed by atoms with Gasteiger partial charge in [-0.1, -0.05) is 6.07 Å². The summed E-state index contributed by atoms with van der Waals surface area (Å²) in [5.41, 5.74) is 0.517. The number of carbonyl (C=O) groups excluding carboxylic acids is 1. The van der Waals surface area contributed by atoms with E-state index in [0.717, 1.165) is 4.90 Å². The van der Waals surface area contributed by atoms with E-state index in [9.17, 15) is 23.1 Å². The molecule has 0 bridgehead atoms. The van der Waals surface area contributed by atoms with Crippen LogP contribution in [0, 0.1) is 0 Å². The molecule has 1 aliphatic rings. The van der Waals surface area contributed by atoms with E-state index in [4.69, 9.17) is 4.74 Å². The number of amides is 1. The number of hydrogen-bond donors (Lipinski definition) is 2. The Labute approximate surface area is 159 Å². The Morgan fingerprint density at radius 1 is 1.26 bits per heavy atom. The minimum Gasteiger partial charge on any atom is -0.480 e. The van der Waals surface area contributed by atoms with Crippen molar-refractivity contribution in [2.45, 2.75) is 70.2 Å². The van der Waals surface area contributed by atoms with Crippen molar-refractivity contribution in [1.29, 1.82) is 0 Å². The maximum Gasteiger partial charge on any atom is 0.411 e. The topological polar surface area (TPSA) is 113 Å². The number of carboxylic acids is 1. The van der Waals surface area contributed by atoms with Crippen LogP contribution in [0.4, 0.5) is 4.79 Å². The number of benzene rings is 1. The Hall–Kier alpha value is -2.13. The van der Waals surface area contributed by atoms with Crippen LogP contribution in [-0.2, 0) is 32.5 Å². The molecular weight excluding hydrogens is 372 g/mol. The van der Waals surface area contributed by atoms with E-state index in [0.29, 0.717) is 11.1 Å². The lowest BCUT2D eigenvalue weighted by Crippen LogP contribution is -2.50. The SMILES string of the molecule is CC(C)NS(=O)(=O)c1ccc2c(c1)CN(C(=O)OC(C)(C)C)[C@H](C(=O)O)C2. The van der Waals surface area contributed by atoms with Crippen molar-refractivity contribution < 1.29 is 27.9 Å². The van der Waals surface area contributed by atoms with Gasteiger partial charge in [0.15, 0.2) is 0 Å². The van der Waals surface area contributed by atoms with Crippen LogP contribution in [0.3, 0.4) is 0 Å². The van der Waals surface area contributed by atoms with Gasteiger partial charge in [-0.05, 0) is 57.9 Å². The molecule has 1 aliphatic heterocycles. The first-order chi connectivity index (χ1) is 12.3. The van der Waals surface area contributed by atoms with Crippen molar-refractivity contribution in [3.63, 3.8) is 0 Å². The van der Waals surface area contributed by atoms with Crippen LogP contribution in [0.1, 0.15) is 45.7 Å². The Morgan fingerprint density at radius 2 is 1.89 bits per heavy atom. The van der Waals surface area contributed by atoms with Crippen LogP contribution >= 0.6 is 0 Å². The molecule has 0 aromatic heterocycles. The minimum atomic E-state index is -3.69. The number of nitrogens with zero attached hydrogens (tertiary/aromatic N) is 1. The van der Waals surface area contributed by atoms with E-state index in [-0.39, 0.29) is 23.9 Å². The van der Waals surface area contributed by atoms with E-state index >= 15 is 0 Å². The number of ether oxygens (including phenoxy) is 1. The molecule has 0 fully saturated rings. The maximum atomic E-state index is 12.5. The molecule has 1 atom stereocenters. The molecule has 0 spiro atoms. The molecule has 1 amide bonds. The number of aliphatic carboxylic acids is 1. The fourth-order valence-corrected chi connectivity index (χ4v) is 4.14. The van der Waals surface area contributed by atoms with Crippen molar-refractivity contribution in [1.82, 2.24) is 9.62 Å². The van der Waals surface area contributed by atoms with Gasteiger partial charge in [-0.2, -0.15) is 0 Å². The van der Waals surface area contributed by atoms with Crippen LogP contribution in [0.2, 0.25) is 0 Å². The third-order valence-corrected chi connectivity index (χ3v) is 5.58. The summed E-state index contributed by atoms with van der Waals surface area (Å²) in [5.74, 6) is -1.13. The molecule has 27 heavy (non-hydrogen) atoms. The first-order valence-corrected chi connectivity index (χ1v) is 10.1. The van der Waals surface area contributed by atoms with Gasteiger partial charge in [0.05, 0.1) is 11.4 Å². The molecule has 1 heterocycles. The van der Waals surface area contributed by atoms with Gasteiger partial charge in [0.2, 0.25) is 10.0 Å². The average Bonchev–Trinajstić information content (AvgIpc) is 2.50. The summed E-state index contributed by atoms with van der Waals surface area (Å²) in [5, 5.41) is 9.51. The van der Waals surface area contributed by atoms with E-state index in [1.54, 1.807) is 40.7 Å². The fourth-order valence-electron chi connectivity index (χ4n) is 2.84. The highest BCUT2D eigenvalue weighted by molar-refractivity contribution is 7.89. The number of hydrogen-bond acceptors (Lipinski definition) is 5. The lowest BCUT2D eigenvalue weighted by atomic mass is 9.94. The van der Waals surface area contributed by atoms with Crippen molar-refractivity contribution >= 4 is 22.1 Å². The molecule has 1 aromatic rings. The number of carboxylic acid groups (broad SMARTS) is 1. The van der Waals surface area contributed by atoms with Crippen LogP contribution in [-0.4, -0.2) is 48.2 Å². The first-order valence-electron chi connectivity index (χ1n) is 8.67. The molecule has 2 rings (SSSR count). The minimum absolute atomic E-state index is 0.0355. The zero-order valence-electron chi connectivity index (χ0n) is 16.1. The lowest BCUT2D eigenvalue weighted by molar-refractivity contribution is -0.143. The number of nitrogens with one attached hydrogen (secondary N) is 1. The van der Waals surface area contributed by atoms with Gasteiger partial charge in [0, 0.05) is 12.5 Å². The number of sulfonamides is 1. The summed E-state index contributed by atoms with van der Waals surface area (Å²) >= 11 is 0. The van der Waals surface area contributed by atoms with Gasteiger partial charge in [-0.15, -0.1) is 0 Å². The third-order valence-electron chi connectivity index (χ3n) is 3.92. The van der Waals surface area contributed by atoms with Gasteiger partial charge in [-0.25, -0.2) is 22.7 Å². The Kier molecular flexibility index (Phi) is 5.86. The molecule has 0 radical (unpaired) electrons. The fraction of sp³-hybridized carbons (Fsp3) is 0.556. The number of rotatable bonds is 4. The maximum absolute atomic E-state index is 12.5. The van der Waals surface area contributed by atoms with Crippen molar-refractivity contribution in [2.75, 3.05) is 0 Å². The number of carbonyl (C=O) groups is 2. The zero-order chi connectivity index (χ0) is 20.6. The van der Waals surface area contributed by atoms with Crippen LogP contribution < -0.4 is 4.72 Å². The highest BCUT2D eigenvalue weighted by Gasteiger charge is 2.37. The molecule has 0 saturated carbocycles. The second kappa shape index (κ2) is 7.47. The highest BCUT2D eigenvalue weighted by atomic mass is 32.2. The van der Waals surface area contributed by atoms with Gasteiger partial charge < -0.3 is 9.84 Å². The Balaban J connectivity index is 2.38. The normalized spacial score (nSPS) is 17.6. The molecule has 2 N–H and O–H groups in total. The van der Waals surface area contributed by atoms with Crippen molar-refractivity contribution in [3.8, 4) is 0 Å². The van der Waals surface area contributed by atoms with Gasteiger partial charge in [-0.3, -0.25) is 4.90 Å². The predicted molar refractivity (Wildman–Crippen MR) is 98.8 cm³/mol. The van der Waals surface area contributed by atoms with Crippen LogP contribution in [0.15, 0.2) is 23.1 Å². The Bertz CT molecular complexity index is 842. The van der Waals surface area contributed by atoms with Crippen LogP contribution in [0.25, 0.3) is 0 Å². The largest absolute Gasteiger partial charge is 0.480 e. The standard InChI is InChI=1S/C18H26N2O6S/c1-11(2)19-27(24,25)14-7-6-12-9-15(16(21)22)20(10-13(12)8-14)17(23)26-18(3,4)5/h6-8,11,15,19H,9-10H2,1-5H3,(H,21,22)/t15-/m0/s1. The van der Waals surface area contributed by atoms with Gasteiger partial charge >= 0.3 is 12.1 Å². The van der Waals surface area contributed by atoms with Crippen LogP contribution in [0.5, 0.6) is 0 Å². The average molecular weight is 398 g/mol. The summed E-state index contributed by atoms with van der Waals surface area (Å²) in [4.78, 5) is 25.3. The predicted octanol–water partition coefficient (Wildman–Crippen LogP) is 2.12. The highest BCUT2D eigenvalue weighted by Crippen LogP contribution is 2.27. The summed E-state index contributed by atoms with van der Waals surface area (Å²) in [6, 6.07) is 3.21. The molecule has 0 unspecified atom stereocenters. The molecule has 0 saturated heterocycles. The second-order valence-corrected chi connectivity index (χ2v) is 9.59. The summed E-state index contributed by atoms with van der Waals surface area (Å²) in [7, 11) is -3.69. The molecule has 1 aromatic carbocycles. The smallest absolute Gasteiger partial charge is 0.411 e. The molecule has 150 valence electrons. The van der Waals surface area contributed by atoms with Gasteiger partial charge in [0.25, 0.3) is 0 Å². The van der Waals surface area contributed by atoms with E-state index < -0.39 is 33.7 Å². The van der Waals surface area contributed by atoms with E-state index in [2.05, 4.69) is 4.72 Å². The molecular formula is C18H26N2O6S. The van der Waals surface area contributed by atoms with Crippen molar-refractivity contribution in [2.24, 2.45) is 0 Å². The molecule has 8 nitrogen and oxygen atoms in total.